The Morgan fingerprint density at radius 1 is 0.900 bits per heavy atom. The van der Waals surface area contributed by atoms with Crippen LogP contribution in [0.5, 0.6) is 0 Å². The van der Waals surface area contributed by atoms with Gasteiger partial charge >= 0.3 is 0 Å². The number of halogens is 2. The molecule has 1 N–H and O–H groups in total. The fraction of sp³-hybridized carbons (Fsp3) is 0.333. The maximum atomic E-state index is 14.1. The number of carbonyl (C=O) groups excluding carboxylic acids is 2. The van der Waals surface area contributed by atoms with Crippen LogP contribution in [0, 0.1) is 6.92 Å². The van der Waals surface area contributed by atoms with Crippen molar-refractivity contribution < 1.29 is 18.0 Å². The molecule has 0 fully saturated rings. The predicted molar refractivity (Wildman–Crippen MR) is 161 cm³/mol. The second-order valence-electron chi connectivity index (χ2n) is 9.65. The maximum absolute atomic E-state index is 14.1. The first-order valence-corrected chi connectivity index (χ1v) is 15.4. The number of rotatable bonds is 12. The zero-order valence-corrected chi connectivity index (χ0v) is 25.4. The number of aryl methyl sites for hydroxylation is 1. The number of carbonyl (C=O) groups is 2. The normalized spacial score (nSPS) is 12.8. The molecule has 40 heavy (non-hydrogen) atoms. The van der Waals surface area contributed by atoms with Crippen LogP contribution in [0.3, 0.4) is 0 Å². The van der Waals surface area contributed by atoms with Gasteiger partial charge in [-0.1, -0.05) is 67.4 Å². The number of nitrogens with zero attached hydrogens (tertiary/aromatic N) is 2. The molecule has 0 radical (unpaired) electrons. The SMILES string of the molecule is CC[C@H](C)NC(=O)[C@H](CC)N(Cc1ccc(Cl)cc1)C(=O)CN(c1ccc(Cl)cc1C)S(=O)(=O)c1ccccc1. The molecule has 3 rings (SSSR count). The quantitative estimate of drug-likeness (QED) is 0.266. The number of anilines is 1. The summed E-state index contributed by atoms with van der Waals surface area (Å²) in [7, 11) is -4.15. The smallest absolute Gasteiger partial charge is 0.264 e. The van der Waals surface area contributed by atoms with Gasteiger partial charge in [-0.15, -0.1) is 0 Å². The molecule has 0 aliphatic rings. The Morgan fingerprint density at radius 3 is 2.10 bits per heavy atom. The van der Waals surface area contributed by atoms with Crippen LogP contribution in [0.1, 0.15) is 44.7 Å². The highest BCUT2D eigenvalue weighted by Crippen LogP contribution is 2.29. The van der Waals surface area contributed by atoms with Crippen LogP contribution in [0.15, 0.2) is 77.7 Å². The molecule has 3 aromatic rings. The van der Waals surface area contributed by atoms with E-state index in [9.17, 15) is 18.0 Å². The Labute approximate surface area is 247 Å². The van der Waals surface area contributed by atoms with E-state index in [1.54, 1.807) is 67.6 Å². The Hall–Kier alpha value is -3.07. The van der Waals surface area contributed by atoms with Crippen molar-refractivity contribution in [1.29, 1.82) is 0 Å². The van der Waals surface area contributed by atoms with Crippen LogP contribution in [0.25, 0.3) is 0 Å². The fourth-order valence-corrected chi connectivity index (χ4v) is 6.13. The van der Waals surface area contributed by atoms with Crippen LogP contribution in [-0.2, 0) is 26.2 Å². The van der Waals surface area contributed by atoms with Crippen LogP contribution >= 0.6 is 23.2 Å². The standard InChI is InChI=1S/C30H35Cl2N3O4S/c1-5-22(4)33-30(37)27(6-2)34(19-23-12-14-24(31)15-13-23)29(36)20-35(28-17-16-25(32)18-21(28)3)40(38,39)26-10-8-7-9-11-26/h7-18,22,27H,5-6,19-20H2,1-4H3,(H,33,37)/t22-,27-/m0/s1. The summed E-state index contributed by atoms with van der Waals surface area (Å²) in [5, 5.41) is 3.96. The lowest BCUT2D eigenvalue weighted by Gasteiger charge is -2.34. The molecular formula is C30H35Cl2N3O4S. The van der Waals surface area contributed by atoms with Crippen LogP contribution < -0.4 is 9.62 Å². The summed E-state index contributed by atoms with van der Waals surface area (Å²) in [6.07, 6.45) is 1.07. The highest BCUT2D eigenvalue weighted by molar-refractivity contribution is 7.92. The molecule has 214 valence electrons. The first-order chi connectivity index (χ1) is 19.0. The molecule has 0 unspecified atom stereocenters. The zero-order valence-electron chi connectivity index (χ0n) is 23.1. The average Bonchev–Trinajstić information content (AvgIpc) is 2.93. The second-order valence-corrected chi connectivity index (χ2v) is 12.4. The van der Waals surface area contributed by atoms with Gasteiger partial charge in [0, 0.05) is 22.6 Å². The number of amides is 2. The minimum absolute atomic E-state index is 0.0444. The minimum atomic E-state index is -4.15. The lowest BCUT2D eigenvalue weighted by molar-refractivity contribution is -0.140. The number of benzene rings is 3. The summed E-state index contributed by atoms with van der Waals surface area (Å²) < 4.78 is 28.9. The summed E-state index contributed by atoms with van der Waals surface area (Å²) >= 11 is 12.2. The largest absolute Gasteiger partial charge is 0.352 e. The van der Waals surface area contributed by atoms with E-state index in [2.05, 4.69) is 5.32 Å². The first-order valence-electron chi connectivity index (χ1n) is 13.2. The number of hydrogen-bond acceptors (Lipinski definition) is 4. The van der Waals surface area contributed by atoms with Gasteiger partial charge < -0.3 is 10.2 Å². The molecule has 0 spiro atoms. The van der Waals surface area contributed by atoms with Crippen molar-refractivity contribution >= 4 is 50.7 Å². The van der Waals surface area contributed by atoms with Gasteiger partial charge in [0.25, 0.3) is 10.0 Å². The third-order valence-corrected chi connectivity index (χ3v) is 8.95. The number of nitrogens with one attached hydrogen (secondary N) is 1. The predicted octanol–water partition coefficient (Wildman–Crippen LogP) is 6.22. The Kier molecular flexibility index (Phi) is 11.0. The summed E-state index contributed by atoms with van der Waals surface area (Å²) in [6.45, 7) is 7.00. The van der Waals surface area contributed by atoms with E-state index < -0.39 is 28.5 Å². The van der Waals surface area contributed by atoms with Crippen molar-refractivity contribution in [3.63, 3.8) is 0 Å². The Morgan fingerprint density at radius 2 is 1.52 bits per heavy atom. The van der Waals surface area contributed by atoms with E-state index >= 15 is 0 Å². The topological polar surface area (TPSA) is 86.8 Å². The zero-order chi connectivity index (χ0) is 29.4. The molecule has 2 amide bonds. The van der Waals surface area contributed by atoms with E-state index in [0.717, 1.165) is 16.3 Å². The number of hydrogen-bond donors (Lipinski definition) is 1. The molecule has 3 aromatic carbocycles. The second kappa shape index (κ2) is 14.0. The summed E-state index contributed by atoms with van der Waals surface area (Å²) in [4.78, 5) is 28.9. The van der Waals surface area contributed by atoms with Crippen molar-refractivity contribution in [3.05, 3.63) is 94.0 Å². The molecule has 0 bridgehead atoms. The molecule has 10 heteroatoms. The Bertz CT molecular complexity index is 1420. The fourth-order valence-electron chi connectivity index (χ4n) is 4.28. The molecule has 0 aliphatic heterocycles. The molecule has 0 heterocycles. The lowest BCUT2D eigenvalue weighted by Crippen LogP contribution is -2.53. The van der Waals surface area contributed by atoms with Crippen molar-refractivity contribution in [1.82, 2.24) is 10.2 Å². The van der Waals surface area contributed by atoms with E-state index in [1.165, 1.54) is 17.0 Å². The van der Waals surface area contributed by atoms with Gasteiger partial charge in [-0.25, -0.2) is 8.42 Å². The van der Waals surface area contributed by atoms with Gasteiger partial charge in [0.1, 0.15) is 12.6 Å². The molecule has 0 saturated heterocycles. The van der Waals surface area contributed by atoms with Gasteiger partial charge in [-0.3, -0.25) is 13.9 Å². The number of sulfonamides is 1. The summed E-state index contributed by atoms with van der Waals surface area (Å²) in [6, 6.07) is 18.8. The van der Waals surface area contributed by atoms with Crippen LogP contribution in [-0.4, -0.2) is 43.8 Å². The molecule has 0 aliphatic carbocycles. The molecule has 0 aromatic heterocycles. The van der Waals surface area contributed by atoms with Crippen LogP contribution in [0.2, 0.25) is 10.0 Å². The molecule has 7 nitrogen and oxygen atoms in total. The molecule has 0 saturated carbocycles. The first kappa shape index (κ1) is 31.5. The van der Waals surface area contributed by atoms with E-state index in [0.29, 0.717) is 27.7 Å². The van der Waals surface area contributed by atoms with Crippen LogP contribution in [0.4, 0.5) is 5.69 Å². The molecular weight excluding hydrogens is 569 g/mol. The van der Waals surface area contributed by atoms with Gasteiger partial charge in [0.2, 0.25) is 11.8 Å². The van der Waals surface area contributed by atoms with E-state index in [-0.39, 0.29) is 23.4 Å². The monoisotopic (exact) mass is 603 g/mol. The lowest BCUT2D eigenvalue weighted by atomic mass is 10.1. The third-order valence-electron chi connectivity index (χ3n) is 6.69. The highest BCUT2D eigenvalue weighted by Gasteiger charge is 2.34. The van der Waals surface area contributed by atoms with E-state index in [4.69, 9.17) is 23.2 Å². The molecule has 2 atom stereocenters. The van der Waals surface area contributed by atoms with Crippen molar-refractivity contribution in [2.24, 2.45) is 0 Å². The van der Waals surface area contributed by atoms with E-state index in [1.807, 2.05) is 20.8 Å². The average molecular weight is 605 g/mol. The van der Waals surface area contributed by atoms with Gasteiger partial charge in [-0.05, 0) is 80.3 Å². The Balaban J connectivity index is 2.07. The van der Waals surface area contributed by atoms with Crippen molar-refractivity contribution in [2.45, 2.75) is 64.1 Å². The van der Waals surface area contributed by atoms with Gasteiger partial charge in [0.05, 0.1) is 10.6 Å². The summed E-state index contributed by atoms with van der Waals surface area (Å²) in [5.74, 6) is -0.811. The van der Waals surface area contributed by atoms with Gasteiger partial charge in [-0.2, -0.15) is 0 Å². The minimum Gasteiger partial charge on any atom is -0.352 e. The maximum Gasteiger partial charge on any atom is 0.264 e. The van der Waals surface area contributed by atoms with Crippen molar-refractivity contribution in [2.75, 3.05) is 10.8 Å². The third kappa shape index (κ3) is 7.77. The summed E-state index contributed by atoms with van der Waals surface area (Å²) in [5.41, 5.74) is 1.67. The highest BCUT2D eigenvalue weighted by atomic mass is 35.5. The van der Waals surface area contributed by atoms with Gasteiger partial charge in [0.15, 0.2) is 0 Å². The van der Waals surface area contributed by atoms with Crippen molar-refractivity contribution in [3.8, 4) is 0 Å².